The summed E-state index contributed by atoms with van der Waals surface area (Å²) >= 11 is 6.06. The number of amides is 1. The largest absolute Gasteiger partial charge is 0.479 e. The van der Waals surface area contributed by atoms with E-state index in [9.17, 15) is 9.59 Å². The first kappa shape index (κ1) is 18.4. The quantitative estimate of drug-likeness (QED) is 0.769. The molecule has 22 heavy (non-hydrogen) atoms. The number of hydrogen-bond donors (Lipinski definition) is 1. The molecule has 1 atom stereocenters. The monoisotopic (exact) mass is 341 g/mol. The topological polar surface area (TPSA) is 64.6 Å². The van der Waals surface area contributed by atoms with Gasteiger partial charge in [0.25, 0.3) is 0 Å². The molecule has 0 saturated heterocycles. The van der Waals surface area contributed by atoms with E-state index in [1.807, 2.05) is 37.3 Å². The fourth-order valence-corrected chi connectivity index (χ4v) is 2.44. The van der Waals surface area contributed by atoms with Gasteiger partial charge in [0, 0.05) is 0 Å². The van der Waals surface area contributed by atoms with E-state index in [-0.39, 0.29) is 18.1 Å². The van der Waals surface area contributed by atoms with Crippen LogP contribution in [-0.4, -0.2) is 34.7 Å². The van der Waals surface area contributed by atoms with Gasteiger partial charge in [0.05, 0.1) is 18.4 Å². The number of carbonyl (C=O) groups is 2. The maximum Gasteiger partial charge on any atom is 0.408 e. The summed E-state index contributed by atoms with van der Waals surface area (Å²) in [5.41, 5.74) is 0.884. The van der Waals surface area contributed by atoms with Gasteiger partial charge in [-0.2, -0.15) is 0 Å². The lowest BCUT2D eigenvalue weighted by atomic mass is 10.2. The van der Waals surface area contributed by atoms with Crippen molar-refractivity contribution in [3.8, 4) is 0 Å². The van der Waals surface area contributed by atoms with E-state index in [4.69, 9.17) is 21.7 Å². The number of nitrogens with one attached hydrogen (secondary N) is 1. The molecule has 0 aliphatic heterocycles. The summed E-state index contributed by atoms with van der Waals surface area (Å²) in [5, 5.41) is 2.50. The van der Waals surface area contributed by atoms with Gasteiger partial charge in [-0.15, -0.1) is 0 Å². The maximum atomic E-state index is 11.9. The fourth-order valence-electron chi connectivity index (χ4n) is 1.44. The lowest BCUT2D eigenvalue weighted by molar-refractivity contribution is -0.118. The van der Waals surface area contributed by atoms with Crippen LogP contribution >= 0.6 is 24.0 Å². The van der Waals surface area contributed by atoms with Crippen LogP contribution in [0.2, 0.25) is 0 Å². The fraction of sp³-hybridized carbons (Fsp3) is 0.400. The smallest absolute Gasteiger partial charge is 0.408 e. The molecule has 1 N–H and O–H groups in total. The second-order valence-corrected chi connectivity index (χ2v) is 5.94. The zero-order chi connectivity index (χ0) is 16.4. The number of thiocarbonyl (C=S) groups is 1. The number of ketones is 1. The van der Waals surface area contributed by atoms with Crippen molar-refractivity contribution in [3.05, 3.63) is 35.9 Å². The molecule has 1 rings (SSSR count). The Labute approximate surface area is 139 Å². The van der Waals surface area contributed by atoms with Crippen LogP contribution in [0, 0.1) is 0 Å². The SMILES string of the molecule is CCOC(=S)SCC(=O)[C@H](C)NC(=O)OCc1ccccc1. The number of thioether (sulfide) groups is 1. The van der Waals surface area contributed by atoms with Gasteiger partial charge >= 0.3 is 6.09 Å². The molecule has 0 unspecified atom stereocenters. The lowest BCUT2D eigenvalue weighted by Gasteiger charge is -2.13. The number of hydrogen-bond acceptors (Lipinski definition) is 6. The highest BCUT2D eigenvalue weighted by molar-refractivity contribution is 8.23. The Kier molecular flexibility index (Phi) is 8.54. The van der Waals surface area contributed by atoms with Crippen molar-refractivity contribution >= 4 is 40.2 Å². The molecular formula is C15H19NO4S2. The average Bonchev–Trinajstić information content (AvgIpc) is 2.52. The number of Topliss-reactive ketones (excluding diaryl/α,β-unsaturated/α-hetero) is 1. The van der Waals surface area contributed by atoms with Gasteiger partial charge in [0.1, 0.15) is 6.61 Å². The molecule has 0 saturated carbocycles. The Hall–Kier alpha value is -1.60. The summed E-state index contributed by atoms with van der Waals surface area (Å²) in [6, 6.07) is 8.68. The van der Waals surface area contributed by atoms with Crippen molar-refractivity contribution in [2.45, 2.75) is 26.5 Å². The molecule has 1 aromatic rings. The van der Waals surface area contributed by atoms with Crippen LogP contribution in [0.25, 0.3) is 0 Å². The number of ether oxygens (including phenoxy) is 2. The van der Waals surface area contributed by atoms with Gasteiger partial charge in [-0.3, -0.25) is 4.79 Å². The predicted molar refractivity (Wildman–Crippen MR) is 90.9 cm³/mol. The average molecular weight is 341 g/mol. The molecule has 120 valence electrons. The van der Waals surface area contributed by atoms with Gasteiger partial charge in [-0.1, -0.05) is 42.1 Å². The number of rotatable bonds is 7. The zero-order valence-corrected chi connectivity index (χ0v) is 14.2. The zero-order valence-electron chi connectivity index (χ0n) is 12.5. The van der Waals surface area contributed by atoms with Crippen molar-refractivity contribution in [1.29, 1.82) is 0 Å². The minimum absolute atomic E-state index is 0.149. The third kappa shape index (κ3) is 7.42. The van der Waals surface area contributed by atoms with Crippen LogP contribution < -0.4 is 5.32 Å². The van der Waals surface area contributed by atoms with E-state index < -0.39 is 12.1 Å². The van der Waals surface area contributed by atoms with Gasteiger partial charge in [-0.05, 0) is 31.6 Å². The van der Waals surface area contributed by atoms with E-state index >= 15 is 0 Å². The molecule has 0 aromatic heterocycles. The third-order valence-corrected chi connectivity index (χ3v) is 3.88. The molecule has 0 fully saturated rings. The highest BCUT2D eigenvalue weighted by Crippen LogP contribution is 2.07. The summed E-state index contributed by atoms with van der Waals surface area (Å²) in [4.78, 5) is 23.5. The molecule has 0 spiro atoms. The summed E-state index contributed by atoms with van der Waals surface area (Å²) in [6.45, 7) is 4.06. The molecule has 5 nitrogen and oxygen atoms in total. The summed E-state index contributed by atoms with van der Waals surface area (Å²) < 4.78 is 10.5. The number of alkyl carbamates (subject to hydrolysis) is 1. The Bertz CT molecular complexity index is 508. The van der Waals surface area contributed by atoms with E-state index in [0.29, 0.717) is 11.0 Å². The summed E-state index contributed by atoms with van der Waals surface area (Å²) in [7, 11) is 0. The van der Waals surface area contributed by atoms with Gasteiger partial charge in [0.15, 0.2) is 5.78 Å². The summed E-state index contributed by atoms with van der Waals surface area (Å²) in [6.07, 6.45) is -0.623. The highest BCUT2D eigenvalue weighted by atomic mass is 32.2. The maximum absolute atomic E-state index is 11.9. The predicted octanol–water partition coefficient (Wildman–Crippen LogP) is 2.93. The van der Waals surface area contributed by atoms with E-state index in [1.165, 1.54) is 0 Å². The minimum Gasteiger partial charge on any atom is -0.479 e. The van der Waals surface area contributed by atoms with Crippen molar-refractivity contribution in [1.82, 2.24) is 5.32 Å². The van der Waals surface area contributed by atoms with Gasteiger partial charge < -0.3 is 14.8 Å². The van der Waals surface area contributed by atoms with Crippen LogP contribution in [0.4, 0.5) is 4.79 Å². The van der Waals surface area contributed by atoms with Crippen molar-refractivity contribution in [2.24, 2.45) is 0 Å². The summed E-state index contributed by atoms with van der Waals surface area (Å²) in [5.74, 6) is 0.00241. The third-order valence-electron chi connectivity index (χ3n) is 2.62. The second kappa shape index (κ2) is 10.2. The van der Waals surface area contributed by atoms with Crippen LogP contribution in [0.5, 0.6) is 0 Å². The lowest BCUT2D eigenvalue weighted by Crippen LogP contribution is -2.39. The Morgan fingerprint density at radius 2 is 1.95 bits per heavy atom. The molecule has 1 amide bonds. The standard InChI is InChI=1S/C15H19NO4S2/c1-3-19-15(21)22-10-13(17)11(2)16-14(18)20-9-12-7-5-4-6-8-12/h4-8,11H,3,9-10H2,1-2H3,(H,16,18)/t11-/m0/s1. The Morgan fingerprint density at radius 1 is 1.27 bits per heavy atom. The van der Waals surface area contributed by atoms with Gasteiger partial charge in [-0.25, -0.2) is 4.79 Å². The number of carbonyl (C=O) groups excluding carboxylic acids is 2. The van der Waals surface area contributed by atoms with Crippen LogP contribution in [0.15, 0.2) is 30.3 Å². The first-order chi connectivity index (χ1) is 10.5. The second-order valence-electron chi connectivity index (χ2n) is 4.37. The van der Waals surface area contributed by atoms with E-state index in [2.05, 4.69) is 5.32 Å². The number of benzene rings is 1. The molecule has 1 aromatic carbocycles. The highest BCUT2D eigenvalue weighted by Gasteiger charge is 2.17. The first-order valence-electron chi connectivity index (χ1n) is 6.82. The molecular weight excluding hydrogens is 322 g/mol. The van der Waals surface area contributed by atoms with Crippen LogP contribution in [-0.2, 0) is 20.9 Å². The molecule has 0 aliphatic carbocycles. The van der Waals surface area contributed by atoms with E-state index in [1.54, 1.807) is 6.92 Å². The van der Waals surface area contributed by atoms with Crippen LogP contribution in [0.3, 0.4) is 0 Å². The minimum atomic E-state index is -0.639. The normalized spacial score (nSPS) is 11.4. The molecule has 0 aliphatic rings. The molecule has 0 heterocycles. The molecule has 0 radical (unpaired) electrons. The van der Waals surface area contributed by atoms with Crippen molar-refractivity contribution in [2.75, 3.05) is 12.4 Å². The molecule has 7 heteroatoms. The van der Waals surface area contributed by atoms with Crippen molar-refractivity contribution in [3.63, 3.8) is 0 Å². The van der Waals surface area contributed by atoms with Crippen molar-refractivity contribution < 1.29 is 19.1 Å². The Balaban J connectivity index is 2.28. The first-order valence-corrected chi connectivity index (χ1v) is 8.21. The Morgan fingerprint density at radius 3 is 2.59 bits per heavy atom. The molecule has 0 bridgehead atoms. The van der Waals surface area contributed by atoms with Crippen LogP contribution in [0.1, 0.15) is 19.4 Å². The van der Waals surface area contributed by atoms with Gasteiger partial charge in [0.2, 0.25) is 4.38 Å². The van der Waals surface area contributed by atoms with E-state index in [0.717, 1.165) is 17.3 Å².